The number of ether oxygens (including phenoxy) is 1. The van der Waals surface area contributed by atoms with Crippen molar-refractivity contribution in [2.45, 2.75) is 20.8 Å². The van der Waals surface area contributed by atoms with Crippen LogP contribution in [0.1, 0.15) is 27.9 Å². The van der Waals surface area contributed by atoms with Crippen molar-refractivity contribution in [3.63, 3.8) is 0 Å². The van der Waals surface area contributed by atoms with E-state index in [2.05, 4.69) is 10.3 Å². The van der Waals surface area contributed by atoms with Crippen LogP contribution in [0.25, 0.3) is 0 Å². The van der Waals surface area contributed by atoms with Crippen LogP contribution in [0.15, 0.2) is 18.2 Å². The molecule has 0 fully saturated rings. The summed E-state index contributed by atoms with van der Waals surface area (Å²) >= 11 is 7.26. The van der Waals surface area contributed by atoms with Crippen molar-refractivity contribution in [2.75, 3.05) is 11.9 Å². The smallest absolute Gasteiger partial charge is 0.350 e. The Morgan fingerprint density at radius 1 is 1.45 bits per heavy atom. The molecule has 2 aromatic rings. The van der Waals surface area contributed by atoms with Gasteiger partial charge >= 0.3 is 5.97 Å². The number of carbonyl (C=O) groups is 1. The third-order valence-electron chi connectivity index (χ3n) is 2.70. The third kappa shape index (κ3) is 3.29. The molecule has 0 amide bonds. The van der Waals surface area contributed by atoms with Gasteiger partial charge in [0.1, 0.15) is 4.88 Å². The fraction of sp³-hybridized carbons (Fsp3) is 0.286. The highest BCUT2D eigenvalue weighted by Crippen LogP contribution is 2.29. The van der Waals surface area contributed by atoms with E-state index in [0.29, 0.717) is 27.3 Å². The maximum atomic E-state index is 11.8. The topological polar surface area (TPSA) is 51.2 Å². The van der Waals surface area contributed by atoms with Gasteiger partial charge in [0, 0.05) is 10.7 Å². The summed E-state index contributed by atoms with van der Waals surface area (Å²) in [6, 6.07) is 5.59. The minimum absolute atomic E-state index is 0.335. The van der Waals surface area contributed by atoms with Gasteiger partial charge in [0.25, 0.3) is 0 Å². The van der Waals surface area contributed by atoms with Crippen LogP contribution in [0.5, 0.6) is 0 Å². The monoisotopic (exact) mass is 310 g/mol. The summed E-state index contributed by atoms with van der Waals surface area (Å²) in [6.45, 7) is 5.90. The normalized spacial score (nSPS) is 10.4. The Bertz CT molecular complexity index is 640. The highest BCUT2D eigenvalue weighted by Gasteiger charge is 2.16. The Labute approximate surface area is 126 Å². The summed E-state index contributed by atoms with van der Waals surface area (Å²) in [5.74, 6) is -0.335. The van der Waals surface area contributed by atoms with Crippen molar-refractivity contribution in [1.29, 1.82) is 0 Å². The van der Waals surface area contributed by atoms with E-state index in [1.807, 2.05) is 25.1 Å². The fourth-order valence-corrected chi connectivity index (χ4v) is 2.72. The van der Waals surface area contributed by atoms with Crippen LogP contribution >= 0.6 is 22.9 Å². The minimum atomic E-state index is -0.335. The van der Waals surface area contributed by atoms with Gasteiger partial charge in [0.05, 0.1) is 12.3 Å². The molecule has 6 heteroatoms. The first-order valence-electron chi connectivity index (χ1n) is 6.19. The van der Waals surface area contributed by atoms with Crippen molar-refractivity contribution in [1.82, 2.24) is 4.98 Å². The Morgan fingerprint density at radius 2 is 2.20 bits per heavy atom. The third-order valence-corrected chi connectivity index (χ3v) is 3.99. The quantitative estimate of drug-likeness (QED) is 0.854. The highest BCUT2D eigenvalue weighted by atomic mass is 35.5. The van der Waals surface area contributed by atoms with Gasteiger partial charge in [0.2, 0.25) is 0 Å². The van der Waals surface area contributed by atoms with Gasteiger partial charge in [-0.3, -0.25) is 0 Å². The van der Waals surface area contributed by atoms with Gasteiger partial charge in [-0.1, -0.05) is 29.0 Å². The molecular weight excluding hydrogens is 296 g/mol. The molecule has 0 unspecified atom stereocenters. The van der Waals surface area contributed by atoms with Gasteiger partial charge < -0.3 is 10.1 Å². The summed E-state index contributed by atoms with van der Waals surface area (Å²) in [5, 5.41) is 4.49. The number of esters is 1. The lowest BCUT2D eigenvalue weighted by molar-refractivity contribution is 0.0531. The largest absolute Gasteiger partial charge is 0.462 e. The van der Waals surface area contributed by atoms with Crippen LogP contribution in [0.2, 0.25) is 5.02 Å². The number of nitrogens with one attached hydrogen (secondary N) is 1. The van der Waals surface area contributed by atoms with Crippen LogP contribution in [0.3, 0.4) is 0 Å². The second kappa shape index (κ2) is 6.24. The van der Waals surface area contributed by atoms with Crippen LogP contribution in [0.4, 0.5) is 10.8 Å². The Hall–Kier alpha value is -1.59. The average molecular weight is 311 g/mol. The number of hydrogen-bond donors (Lipinski definition) is 1. The SMILES string of the molecule is CCOC(=O)c1sc(Nc2cc(Cl)ccc2C)nc1C. The standard InChI is InChI=1S/C14H15ClN2O2S/c1-4-19-13(18)12-9(3)16-14(20-12)17-11-7-10(15)6-5-8(11)2/h5-7H,4H2,1-3H3,(H,16,17). The van der Waals surface area contributed by atoms with Crippen LogP contribution in [-0.4, -0.2) is 17.6 Å². The molecular formula is C14H15ClN2O2S. The summed E-state index contributed by atoms with van der Waals surface area (Å²) < 4.78 is 5.00. The van der Waals surface area contributed by atoms with Crippen molar-refractivity contribution < 1.29 is 9.53 Å². The number of nitrogens with zero attached hydrogens (tertiary/aromatic N) is 1. The van der Waals surface area contributed by atoms with Gasteiger partial charge in [0.15, 0.2) is 5.13 Å². The van der Waals surface area contributed by atoms with Gasteiger partial charge in [-0.25, -0.2) is 9.78 Å². The molecule has 0 aliphatic rings. The summed E-state index contributed by atoms with van der Waals surface area (Å²) in [6.07, 6.45) is 0. The number of aromatic nitrogens is 1. The first kappa shape index (κ1) is 14.8. The predicted molar refractivity (Wildman–Crippen MR) is 82.3 cm³/mol. The molecule has 20 heavy (non-hydrogen) atoms. The molecule has 0 spiro atoms. The lowest BCUT2D eigenvalue weighted by Crippen LogP contribution is -2.03. The van der Waals surface area contributed by atoms with Gasteiger partial charge in [-0.2, -0.15) is 0 Å². The molecule has 0 atom stereocenters. The number of rotatable bonds is 4. The van der Waals surface area contributed by atoms with Crippen LogP contribution in [-0.2, 0) is 4.74 Å². The molecule has 4 nitrogen and oxygen atoms in total. The first-order valence-corrected chi connectivity index (χ1v) is 7.38. The molecule has 1 N–H and O–H groups in total. The van der Waals surface area contributed by atoms with Crippen molar-refractivity contribution in [2.24, 2.45) is 0 Å². The molecule has 1 heterocycles. The molecule has 1 aromatic carbocycles. The van der Waals surface area contributed by atoms with E-state index in [1.165, 1.54) is 11.3 Å². The minimum Gasteiger partial charge on any atom is -0.462 e. The van der Waals surface area contributed by atoms with E-state index in [1.54, 1.807) is 13.8 Å². The molecule has 0 saturated carbocycles. The van der Waals surface area contributed by atoms with E-state index in [0.717, 1.165) is 11.3 Å². The lowest BCUT2D eigenvalue weighted by Gasteiger charge is -2.06. The van der Waals surface area contributed by atoms with Crippen molar-refractivity contribution in [3.05, 3.63) is 39.4 Å². The Morgan fingerprint density at radius 3 is 2.90 bits per heavy atom. The summed E-state index contributed by atoms with van der Waals surface area (Å²) in [7, 11) is 0. The van der Waals surface area contributed by atoms with E-state index in [9.17, 15) is 4.79 Å². The molecule has 1 aromatic heterocycles. The highest BCUT2D eigenvalue weighted by molar-refractivity contribution is 7.17. The number of carbonyl (C=O) groups excluding carboxylic acids is 1. The molecule has 106 valence electrons. The van der Waals surface area contributed by atoms with E-state index in [-0.39, 0.29) is 5.97 Å². The van der Waals surface area contributed by atoms with Crippen LogP contribution < -0.4 is 5.32 Å². The Balaban J connectivity index is 2.24. The summed E-state index contributed by atoms with van der Waals surface area (Å²) in [4.78, 5) is 16.6. The first-order chi connectivity index (χ1) is 9.51. The van der Waals surface area contributed by atoms with E-state index >= 15 is 0 Å². The molecule has 0 aliphatic heterocycles. The number of thiazole rings is 1. The number of halogens is 1. The predicted octanol–water partition coefficient (Wildman–Crippen LogP) is 4.33. The fourth-order valence-electron chi connectivity index (χ4n) is 1.68. The van der Waals surface area contributed by atoms with Crippen molar-refractivity contribution >= 4 is 39.7 Å². The molecule has 0 bridgehead atoms. The maximum Gasteiger partial charge on any atom is 0.350 e. The van der Waals surface area contributed by atoms with Gasteiger partial charge in [-0.15, -0.1) is 0 Å². The number of aryl methyl sites for hydroxylation is 2. The maximum absolute atomic E-state index is 11.8. The Kier molecular flexibility index (Phi) is 4.62. The number of hydrogen-bond acceptors (Lipinski definition) is 5. The zero-order valence-electron chi connectivity index (χ0n) is 11.5. The van der Waals surface area contributed by atoms with E-state index < -0.39 is 0 Å². The number of anilines is 2. The number of benzene rings is 1. The van der Waals surface area contributed by atoms with Crippen LogP contribution in [0, 0.1) is 13.8 Å². The lowest BCUT2D eigenvalue weighted by atomic mass is 10.2. The zero-order chi connectivity index (χ0) is 14.7. The average Bonchev–Trinajstić information content (AvgIpc) is 2.75. The van der Waals surface area contributed by atoms with Gasteiger partial charge in [-0.05, 0) is 38.5 Å². The van der Waals surface area contributed by atoms with E-state index in [4.69, 9.17) is 16.3 Å². The second-order valence-corrected chi connectivity index (χ2v) is 5.67. The zero-order valence-corrected chi connectivity index (χ0v) is 13.1. The second-order valence-electron chi connectivity index (χ2n) is 4.24. The van der Waals surface area contributed by atoms with Crippen molar-refractivity contribution in [3.8, 4) is 0 Å². The molecule has 2 rings (SSSR count). The molecule has 0 aliphatic carbocycles. The molecule has 0 saturated heterocycles. The summed E-state index contributed by atoms with van der Waals surface area (Å²) in [5.41, 5.74) is 2.59. The molecule has 0 radical (unpaired) electrons.